The number of benzene rings is 1. The third-order valence-corrected chi connectivity index (χ3v) is 5.22. The molecule has 1 aromatic heterocycles. The van der Waals surface area contributed by atoms with Crippen molar-refractivity contribution in [2.75, 3.05) is 30.3 Å². The Morgan fingerprint density at radius 1 is 1.14 bits per heavy atom. The zero-order valence-electron chi connectivity index (χ0n) is 17.6. The molecule has 156 valence electrons. The van der Waals surface area contributed by atoms with Gasteiger partial charge in [-0.1, -0.05) is 12.1 Å². The van der Waals surface area contributed by atoms with Gasteiger partial charge in [-0.3, -0.25) is 0 Å². The minimum atomic E-state index is -0.466. The molecule has 1 aliphatic heterocycles. The van der Waals surface area contributed by atoms with Gasteiger partial charge in [0.25, 0.3) is 0 Å². The van der Waals surface area contributed by atoms with Crippen molar-refractivity contribution in [2.24, 2.45) is 5.92 Å². The Kier molecular flexibility index (Phi) is 5.48. The van der Waals surface area contributed by atoms with Crippen LogP contribution in [0.1, 0.15) is 46.5 Å². The minimum Gasteiger partial charge on any atom is -0.444 e. The fraction of sp³-hybridized carbons (Fsp3) is 0.591. The number of piperidine rings is 1. The Bertz CT molecular complexity index is 875. The first-order chi connectivity index (χ1) is 13.9. The number of carbonyl (C=O) groups is 1. The van der Waals surface area contributed by atoms with Crippen LogP contribution >= 0.6 is 0 Å². The van der Waals surface area contributed by atoms with Crippen molar-refractivity contribution >= 4 is 28.8 Å². The Labute approximate surface area is 172 Å². The van der Waals surface area contributed by atoms with E-state index in [2.05, 4.69) is 10.6 Å². The van der Waals surface area contributed by atoms with Crippen LogP contribution in [-0.4, -0.2) is 52.2 Å². The highest BCUT2D eigenvalue weighted by molar-refractivity contribution is 5.80. The van der Waals surface area contributed by atoms with Gasteiger partial charge in [0, 0.05) is 25.7 Å². The Morgan fingerprint density at radius 2 is 1.83 bits per heavy atom. The molecule has 1 saturated heterocycles. The Balaban J connectivity index is 1.42. The molecule has 1 saturated carbocycles. The summed E-state index contributed by atoms with van der Waals surface area (Å²) in [4.78, 5) is 23.8. The lowest BCUT2D eigenvalue weighted by atomic mass is 9.98. The maximum Gasteiger partial charge on any atom is 0.410 e. The maximum atomic E-state index is 12.4. The highest BCUT2D eigenvalue weighted by Gasteiger charge is 2.28. The highest BCUT2D eigenvalue weighted by Crippen LogP contribution is 2.29. The second-order valence-corrected chi connectivity index (χ2v) is 9.14. The lowest BCUT2D eigenvalue weighted by Gasteiger charge is -2.34. The van der Waals surface area contributed by atoms with E-state index in [1.165, 1.54) is 12.8 Å². The van der Waals surface area contributed by atoms with E-state index < -0.39 is 5.60 Å². The number of fused-ring (bicyclic) bond motifs is 1. The topological polar surface area (TPSA) is 79.4 Å². The van der Waals surface area contributed by atoms with Gasteiger partial charge < -0.3 is 20.3 Å². The molecule has 2 fully saturated rings. The van der Waals surface area contributed by atoms with Crippen molar-refractivity contribution in [1.82, 2.24) is 14.9 Å². The quantitative estimate of drug-likeness (QED) is 0.785. The molecule has 7 nitrogen and oxygen atoms in total. The summed E-state index contributed by atoms with van der Waals surface area (Å²) in [5.41, 5.74) is 1.32. The van der Waals surface area contributed by atoms with Crippen LogP contribution in [0.25, 0.3) is 11.0 Å². The molecular weight excluding hydrogens is 366 g/mol. The number of nitrogens with one attached hydrogen (secondary N) is 2. The van der Waals surface area contributed by atoms with Crippen molar-refractivity contribution in [2.45, 2.75) is 58.1 Å². The van der Waals surface area contributed by atoms with Gasteiger partial charge in [0.1, 0.15) is 5.60 Å². The second-order valence-electron chi connectivity index (χ2n) is 9.14. The molecule has 7 heteroatoms. The number of nitrogens with zero attached hydrogens (tertiary/aromatic N) is 3. The van der Waals surface area contributed by atoms with Gasteiger partial charge in [-0.15, -0.1) is 0 Å². The van der Waals surface area contributed by atoms with Crippen molar-refractivity contribution in [3.05, 3.63) is 24.3 Å². The van der Waals surface area contributed by atoms with Crippen LogP contribution in [0.2, 0.25) is 0 Å². The number of ether oxygens (including phenoxy) is 1. The predicted octanol–water partition coefficient (Wildman–Crippen LogP) is 4.26. The van der Waals surface area contributed by atoms with Crippen LogP contribution in [0.15, 0.2) is 24.3 Å². The molecule has 0 radical (unpaired) electrons. The normalized spacial score (nSPS) is 19.8. The third kappa shape index (κ3) is 5.28. The molecule has 0 bridgehead atoms. The van der Waals surface area contributed by atoms with Gasteiger partial charge in [0.2, 0.25) is 0 Å². The van der Waals surface area contributed by atoms with E-state index >= 15 is 0 Å². The summed E-state index contributed by atoms with van der Waals surface area (Å²) < 4.78 is 5.54. The number of hydrogen-bond acceptors (Lipinski definition) is 6. The first-order valence-electron chi connectivity index (χ1n) is 10.6. The van der Waals surface area contributed by atoms with E-state index in [1.54, 1.807) is 0 Å². The molecular formula is C22H31N5O2. The van der Waals surface area contributed by atoms with Gasteiger partial charge in [-0.25, -0.2) is 14.8 Å². The smallest absolute Gasteiger partial charge is 0.410 e. The monoisotopic (exact) mass is 397 g/mol. The van der Waals surface area contributed by atoms with E-state index in [9.17, 15) is 4.79 Å². The molecule has 1 aliphatic carbocycles. The average Bonchev–Trinajstić information content (AvgIpc) is 3.49. The molecule has 0 spiro atoms. The SMILES string of the molecule is CC(C)(C)OC(=O)N1CCC[C@H](CNc2nc3ccccc3nc2NC2CC2)C1. The maximum absolute atomic E-state index is 12.4. The van der Waals surface area contributed by atoms with Crippen molar-refractivity contribution in [1.29, 1.82) is 0 Å². The van der Waals surface area contributed by atoms with Crippen LogP contribution in [0.4, 0.5) is 16.4 Å². The zero-order chi connectivity index (χ0) is 20.4. The second kappa shape index (κ2) is 8.05. The lowest BCUT2D eigenvalue weighted by Crippen LogP contribution is -2.44. The van der Waals surface area contributed by atoms with Gasteiger partial charge in [-0.05, 0) is 64.5 Å². The van der Waals surface area contributed by atoms with Crippen LogP contribution in [0.3, 0.4) is 0 Å². The number of aromatic nitrogens is 2. The van der Waals surface area contributed by atoms with E-state index in [4.69, 9.17) is 14.7 Å². The molecule has 1 aromatic carbocycles. The van der Waals surface area contributed by atoms with Crippen molar-refractivity contribution in [3.8, 4) is 0 Å². The number of likely N-dealkylation sites (tertiary alicyclic amines) is 1. The number of carbonyl (C=O) groups excluding carboxylic acids is 1. The first-order valence-corrected chi connectivity index (χ1v) is 10.6. The zero-order valence-corrected chi connectivity index (χ0v) is 17.6. The van der Waals surface area contributed by atoms with Crippen LogP contribution in [0.5, 0.6) is 0 Å². The number of hydrogen-bond donors (Lipinski definition) is 2. The van der Waals surface area contributed by atoms with Crippen LogP contribution in [0, 0.1) is 5.92 Å². The molecule has 29 heavy (non-hydrogen) atoms. The molecule has 2 heterocycles. The standard InChI is InChI=1S/C22H31N5O2/c1-22(2,3)29-21(28)27-12-6-7-15(14-27)13-23-19-20(24-16-10-11-16)26-18-9-5-4-8-17(18)25-19/h4-5,8-9,15-16H,6-7,10-14H2,1-3H3,(H,23,25)(H,24,26)/t15-/m1/s1. The van der Waals surface area contributed by atoms with Gasteiger partial charge in [0.15, 0.2) is 11.6 Å². The lowest BCUT2D eigenvalue weighted by molar-refractivity contribution is 0.0172. The molecule has 4 rings (SSSR count). The van der Waals surface area contributed by atoms with E-state index in [-0.39, 0.29) is 6.09 Å². The molecule has 1 atom stereocenters. The molecule has 2 aliphatic rings. The molecule has 0 unspecified atom stereocenters. The summed E-state index contributed by atoms with van der Waals surface area (Å²) in [6.45, 7) is 7.93. The van der Waals surface area contributed by atoms with E-state index in [0.29, 0.717) is 18.5 Å². The van der Waals surface area contributed by atoms with Gasteiger partial charge in [0.05, 0.1) is 11.0 Å². The summed E-state index contributed by atoms with van der Waals surface area (Å²) >= 11 is 0. The molecule has 1 amide bonds. The third-order valence-electron chi connectivity index (χ3n) is 5.22. The first kappa shape index (κ1) is 19.7. The fourth-order valence-corrected chi connectivity index (χ4v) is 3.61. The molecule has 2 aromatic rings. The molecule has 2 N–H and O–H groups in total. The number of para-hydroxylation sites is 2. The summed E-state index contributed by atoms with van der Waals surface area (Å²) in [7, 11) is 0. The summed E-state index contributed by atoms with van der Waals surface area (Å²) in [5, 5.41) is 7.00. The van der Waals surface area contributed by atoms with Crippen LogP contribution < -0.4 is 10.6 Å². The van der Waals surface area contributed by atoms with Gasteiger partial charge in [-0.2, -0.15) is 0 Å². The van der Waals surface area contributed by atoms with E-state index in [1.807, 2.05) is 49.9 Å². The average molecular weight is 398 g/mol. The van der Waals surface area contributed by atoms with Crippen LogP contribution in [-0.2, 0) is 4.74 Å². The summed E-state index contributed by atoms with van der Waals surface area (Å²) in [5.74, 6) is 1.98. The number of amides is 1. The van der Waals surface area contributed by atoms with Gasteiger partial charge >= 0.3 is 6.09 Å². The fourth-order valence-electron chi connectivity index (χ4n) is 3.61. The summed E-state index contributed by atoms with van der Waals surface area (Å²) in [6, 6.07) is 8.44. The number of rotatable bonds is 5. The Hall–Kier alpha value is -2.57. The number of anilines is 2. The minimum absolute atomic E-state index is 0.219. The summed E-state index contributed by atoms with van der Waals surface area (Å²) in [6.07, 6.45) is 4.22. The Morgan fingerprint density at radius 3 is 2.48 bits per heavy atom. The highest BCUT2D eigenvalue weighted by atomic mass is 16.6. The van der Waals surface area contributed by atoms with Crippen molar-refractivity contribution < 1.29 is 9.53 Å². The predicted molar refractivity (Wildman–Crippen MR) is 115 cm³/mol. The van der Waals surface area contributed by atoms with Crippen molar-refractivity contribution in [3.63, 3.8) is 0 Å². The van der Waals surface area contributed by atoms with E-state index in [0.717, 1.165) is 48.6 Å². The largest absolute Gasteiger partial charge is 0.444 e.